The summed E-state index contributed by atoms with van der Waals surface area (Å²) in [4.78, 5) is 11.6. The van der Waals surface area contributed by atoms with Crippen LogP contribution in [0.25, 0.3) is 0 Å². The van der Waals surface area contributed by atoms with Crippen LogP contribution >= 0.6 is 15.9 Å². The summed E-state index contributed by atoms with van der Waals surface area (Å²) in [5.41, 5.74) is 0. The van der Waals surface area contributed by atoms with Crippen LogP contribution in [0.1, 0.15) is 27.2 Å². The number of halogens is 1. The average molecular weight is 314 g/mol. The Labute approximate surface area is 117 Å². The molecule has 0 saturated carbocycles. The minimum atomic E-state index is 0.127. The second-order valence-corrected chi connectivity index (χ2v) is 6.29. The Kier molecular flexibility index (Phi) is 4.43. The lowest BCUT2D eigenvalue weighted by Gasteiger charge is -2.34. The molecule has 0 amide bonds. The maximum absolute atomic E-state index is 5.58. The van der Waals surface area contributed by atoms with Gasteiger partial charge in [-0.1, -0.05) is 22.9 Å². The number of alkyl halides is 1. The smallest absolute Gasteiger partial charge is 0.234 e. The van der Waals surface area contributed by atoms with E-state index in [0.717, 1.165) is 25.3 Å². The molecule has 1 aliphatic heterocycles. The summed E-state index contributed by atoms with van der Waals surface area (Å²) in [6.07, 6.45) is 4.75. The molecule has 0 bridgehead atoms. The van der Waals surface area contributed by atoms with Crippen LogP contribution in [0.5, 0.6) is 5.88 Å². The zero-order valence-corrected chi connectivity index (χ0v) is 12.7. The normalized spacial score (nSPS) is 24.4. The predicted molar refractivity (Wildman–Crippen MR) is 76.5 cm³/mol. The molecule has 1 aromatic rings. The first kappa shape index (κ1) is 13.6. The standard InChI is InChI=1S/C13H20BrN3O/c1-9(2)18-13-7-15-6-12(16-13)17-5-4-11(14)10(3)8-17/h6-7,9-11H,4-5,8H2,1-3H3. The summed E-state index contributed by atoms with van der Waals surface area (Å²) in [5.74, 6) is 2.14. The van der Waals surface area contributed by atoms with E-state index in [1.807, 2.05) is 20.0 Å². The lowest BCUT2D eigenvalue weighted by Crippen LogP contribution is -2.40. The molecule has 4 nitrogen and oxygen atoms in total. The number of hydrogen-bond donors (Lipinski definition) is 0. The highest BCUT2D eigenvalue weighted by Crippen LogP contribution is 2.26. The number of ether oxygens (including phenoxy) is 1. The largest absolute Gasteiger partial charge is 0.474 e. The van der Waals surface area contributed by atoms with Gasteiger partial charge in [0.05, 0.1) is 18.5 Å². The molecule has 0 spiro atoms. The molecular formula is C13H20BrN3O. The Hall–Kier alpha value is -0.840. The first-order valence-electron chi connectivity index (χ1n) is 6.44. The number of nitrogens with zero attached hydrogens (tertiary/aromatic N) is 3. The van der Waals surface area contributed by atoms with Crippen molar-refractivity contribution in [1.29, 1.82) is 0 Å². The van der Waals surface area contributed by atoms with Gasteiger partial charge in [-0.2, -0.15) is 4.98 Å². The summed E-state index contributed by atoms with van der Waals surface area (Å²) in [7, 11) is 0. The third-order valence-corrected chi connectivity index (χ3v) is 4.44. The Bertz CT molecular complexity index is 400. The summed E-state index contributed by atoms with van der Waals surface area (Å²) in [6, 6.07) is 0. The van der Waals surface area contributed by atoms with Crippen LogP contribution in [0.2, 0.25) is 0 Å². The van der Waals surface area contributed by atoms with E-state index >= 15 is 0 Å². The van der Waals surface area contributed by atoms with Gasteiger partial charge in [0, 0.05) is 17.9 Å². The minimum Gasteiger partial charge on any atom is -0.474 e. The molecule has 0 radical (unpaired) electrons. The fourth-order valence-electron chi connectivity index (χ4n) is 2.11. The van der Waals surface area contributed by atoms with E-state index in [1.54, 1.807) is 6.20 Å². The molecule has 1 fully saturated rings. The van der Waals surface area contributed by atoms with Gasteiger partial charge in [0.1, 0.15) is 0 Å². The molecule has 1 saturated heterocycles. The number of anilines is 1. The van der Waals surface area contributed by atoms with Gasteiger partial charge in [-0.3, -0.25) is 4.98 Å². The van der Waals surface area contributed by atoms with Gasteiger partial charge in [-0.05, 0) is 26.2 Å². The van der Waals surface area contributed by atoms with E-state index in [4.69, 9.17) is 4.74 Å². The van der Waals surface area contributed by atoms with E-state index in [9.17, 15) is 0 Å². The molecule has 0 aliphatic carbocycles. The molecule has 2 atom stereocenters. The van der Waals surface area contributed by atoms with Gasteiger partial charge >= 0.3 is 0 Å². The highest BCUT2D eigenvalue weighted by atomic mass is 79.9. The van der Waals surface area contributed by atoms with Crippen molar-refractivity contribution in [2.45, 2.75) is 38.1 Å². The van der Waals surface area contributed by atoms with Gasteiger partial charge in [0.25, 0.3) is 0 Å². The van der Waals surface area contributed by atoms with Gasteiger partial charge in [-0.25, -0.2) is 0 Å². The third kappa shape index (κ3) is 3.34. The summed E-state index contributed by atoms with van der Waals surface area (Å²) >= 11 is 3.71. The zero-order chi connectivity index (χ0) is 13.1. The van der Waals surface area contributed by atoms with E-state index in [0.29, 0.717) is 16.6 Å². The maximum atomic E-state index is 5.58. The van der Waals surface area contributed by atoms with Crippen molar-refractivity contribution < 1.29 is 4.74 Å². The first-order chi connectivity index (χ1) is 8.56. The van der Waals surface area contributed by atoms with Crippen molar-refractivity contribution in [3.8, 4) is 5.88 Å². The number of piperidine rings is 1. The van der Waals surface area contributed by atoms with Crippen molar-refractivity contribution in [3.63, 3.8) is 0 Å². The number of hydrogen-bond acceptors (Lipinski definition) is 4. The lowest BCUT2D eigenvalue weighted by atomic mass is 10.0. The molecule has 5 heteroatoms. The van der Waals surface area contributed by atoms with Crippen molar-refractivity contribution in [1.82, 2.24) is 9.97 Å². The minimum absolute atomic E-state index is 0.127. The quantitative estimate of drug-likeness (QED) is 0.804. The van der Waals surface area contributed by atoms with Gasteiger partial charge in [0.2, 0.25) is 5.88 Å². The fraction of sp³-hybridized carbons (Fsp3) is 0.692. The van der Waals surface area contributed by atoms with Crippen LogP contribution in [-0.4, -0.2) is 34.0 Å². The summed E-state index contributed by atoms with van der Waals surface area (Å²) < 4.78 is 5.58. The number of rotatable bonds is 3. The van der Waals surface area contributed by atoms with Gasteiger partial charge in [0.15, 0.2) is 5.82 Å². The number of aromatic nitrogens is 2. The lowest BCUT2D eigenvalue weighted by molar-refractivity contribution is 0.231. The maximum Gasteiger partial charge on any atom is 0.234 e. The van der Waals surface area contributed by atoms with Crippen molar-refractivity contribution >= 4 is 21.7 Å². The highest BCUT2D eigenvalue weighted by molar-refractivity contribution is 9.09. The average Bonchev–Trinajstić information content (AvgIpc) is 2.32. The Morgan fingerprint density at radius 2 is 2.22 bits per heavy atom. The predicted octanol–water partition coefficient (Wildman–Crippen LogP) is 2.87. The van der Waals surface area contributed by atoms with E-state index < -0.39 is 0 Å². The van der Waals surface area contributed by atoms with E-state index in [1.165, 1.54) is 0 Å². The molecular weight excluding hydrogens is 294 g/mol. The first-order valence-corrected chi connectivity index (χ1v) is 7.35. The molecule has 0 N–H and O–H groups in total. The van der Waals surface area contributed by atoms with Crippen molar-refractivity contribution in [2.75, 3.05) is 18.0 Å². The van der Waals surface area contributed by atoms with E-state index in [2.05, 4.69) is 37.7 Å². The molecule has 18 heavy (non-hydrogen) atoms. The molecule has 2 heterocycles. The molecule has 2 rings (SSSR count). The highest BCUT2D eigenvalue weighted by Gasteiger charge is 2.25. The molecule has 0 aromatic carbocycles. The third-order valence-electron chi connectivity index (χ3n) is 3.08. The van der Waals surface area contributed by atoms with E-state index in [-0.39, 0.29) is 6.10 Å². The fourth-order valence-corrected chi connectivity index (χ4v) is 2.49. The molecule has 1 aliphatic rings. The van der Waals surface area contributed by atoms with Crippen LogP contribution < -0.4 is 9.64 Å². The summed E-state index contributed by atoms with van der Waals surface area (Å²) in [6.45, 7) is 8.27. The molecule has 2 unspecified atom stereocenters. The Balaban J connectivity index is 2.08. The summed E-state index contributed by atoms with van der Waals surface area (Å²) in [5, 5.41) is 0. The second-order valence-electron chi connectivity index (χ2n) is 5.11. The monoisotopic (exact) mass is 313 g/mol. The molecule has 1 aromatic heterocycles. The van der Waals surface area contributed by atoms with Crippen LogP contribution in [0.15, 0.2) is 12.4 Å². The van der Waals surface area contributed by atoms with Crippen molar-refractivity contribution in [3.05, 3.63) is 12.4 Å². The zero-order valence-electron chi connectivity index (χ0n) is 11.1. The Morgan fingerprint density at radius 3 is 2.89 bits per heavy atom. The Morgan fingerprint density at radius 1 is 1.44 bits per heavy atom. The SMILES string of the molecule is CC(C)Oc1cncc(N2CCC(Br)C(C)C2)n1. The topological polar surface area (TPSA) is 38.2 Å². The van der Waals surface area contributed by atoms with Crippen molar-refractivity contribution in [2.24, 2.45) is 5.92 Å². The van der Waals surface area contributed by atoms with Gasteiger partial charge in [-0.15, -0.1) is 0 Å². The van der Waals surface area contributed by atoms with Crippen LogP contribution in [0.3, 0.4) is 0 Å². The van der Waals surface area contributed by atoms with Crippen LogP contribution in [0, 0.1) is 5.92 Å². The van der Waals surface area contributed by atoms with Gasteiger partial charge < -0.3 is 9.64 Å². The van der Waals surface area contributed by atoms with Crippen LogP contribution in [0.4, 0.5) is 5.82 Å². The molecule has 100 valence electrons. The second kappa shape index (κ2) is 5.87. The van der Waals surface area contributed by atoms with Crippen LogP contribution in [-0.2, 0) is 0 Å².